The Morgan fingerprint density at radius 1 is 1.08 bits per heavy atom. The zero-order chi connectivity index (χ0) is 25.5. The van der Waals surface area contributed by atoms with Gasteiger partial charge in [0.05, 0.1) is 30.1 Å². The van der Waals surface area contributed by atoms with Crippen molar-refractivity contribution >= 4 is 11.6 Å². The molecule has 4 bridgehead atoms. The molecule has 0 aromatic heterocycles. The topological polar surface area (TPSA) is 129 Å². The third kappa shape index (κ3) is 3.97. The molecule has 4 aliphatic rings. The Balaban J connectivity index is 1.58. The molecule has 0 radical (unpaired) electrons. The van der Waals surface area contributed by atoms with E-state index in [-0.39, 0.29) is 22.7 Å². The van der Waals surface area contributed by atoms with Gasteiger partial charge in [0.2, 0.25) is 5.91 Å². The molecule has 6 rings (SSSR count). The number of nitrogens with one attached hydrogen (secondary N) is 1. The van der Waals surface area contributed by atoms with E-state index in [1.807, 2.05) is 0 Å². The number of ether oxygens (including phenoxy) is 1. The van der Waals surface area contributed by atoms with Gasteiger partial charge in [-0.25, -0.2) is 0 Å². The molecule has 0 spiro atoms. The van der Waals surface area contributed by atoms with Gasteiger partial charge in [0.1, 0.15) is 5.75 Å². The zero-order valence-electron chi connectivity index (χ0n) is 20.1. The summed E-state index contributed by atoms with van der Waals surface area (Å²) in [5.74, 6) is 0.812. The van der Waals surface area contributed by atoms with Crippen LogP contribution in [0.4, 0.5) is 5.69 Å². The van der Waals surface area contributed by atoms with Crippen LogP contribution in [0.3, 0.4) is 0 Å². The van der Waals surface area contributed by atoms with E-state index in [4.69, 9.17) is 4.74 Å². The minimum atomic E-state index is -1.89. The van der Waals surface area contributed by atoms with Crippen LogP contribution < -0.4 is 10.1 Å². The van der Waals surface area contributed by atoms with E-state index in [1.165, 1.54) is 50.6 Å². The predicted molar refractivity (Wildman–Crippen MR) is 131 cm³/mol. The first kappa shape index (κ1) is 23.8. The number of hydrogen-bond acceptors (Lipinski definition) is 6. The third-order valence-corrected chi connectivity index (χ3v) is 8.44. The van der Waals surface area contributed by atoms with Gasteiger partial charge in [0.25, 0.3) is 5.69 Å². The molecule has 36 heavy (non-hydrogen) atoms. The maximum atomic E-state index is 14.2. The number of carbonyl (C=O) groups excluding carboxylic acids is 1. The van der Waals surface area contributed by atoms with Crippen molar-refractivity contribution in [2.45, 2.75) is 55.4 Å². The van der Waals surface area contributed by atoms with Gasteiger partial charge < -0.3 is 10.1 Å². The Bertz CT molecular complexity index is 1220. The number of non-ortho nitro benzene ring substituents is 1. The van der Waals surface area contributed by atoms with E-state index >= 15 is 0 Å². The Morgan fingerprint density at radius 3 is 2.17 bits per heavy atom. The Morgan fingerprint density at radius 2 is 1.67 bits per heavy atom. The zero-order valence-corrected chi connectivity index (χ0v) is 20.1. The van der Waals surface area contributed by atoms with Crippen LogP contribution in [0, 0.1) is 50.5 Å². The predicted octanol–water partition coefficient (Wildman–Crippen LogP) is 4.76. The largest absolute Gasteiger partial charge is 0.497 e. The molecule has 8 heteroatoms. The highest BCUT2D eigenvalue weighted by Crippen LogP contribution is 2.56. The number of nitrogens with zero attached hydrogens (tertiary/aromatic N) is 3. The number of amides is 1. The maximum absolute atomic E-state index is 14.2. The molecule has 8 nitrogen and oxygen atoms in total. The first-order valence-electron chi connectivity index (χ1n) is 12.3. The Labute approximate surface area is 210 Å². The van der Waals surface area contributed by atoms with Crippen LogP contribution in [0.15, 0.2) is 48.5 Å². The lowest BCUT2D eigenvalue weighted by atomic mass is 9.53. The standard InChI is InChI=1S/C28H28N4O4/c1-36-24-4-2-3-21(12-24)25(28(16-29,17-30)22-5-7-23(8-6-22)32(34)35)26(33)31-27-13-18-9-19(14-27)11-20(10-18)15-27/h2-8,12,18-20,25H,9-11,13-15H2,1H3,(H,31,33). The van der Waals surface area contributed by atoms with Crippen molar-refractivity contribution in [1.82, 2.24) is 5.32 Å². The summed E-state index contributed by atoms with van der Waals surface area (Å²) < 4.78 is 5.37. The quantitative estimate of drug-likeness (QED) is 0.446. The maximum Gasteiger partial charge on any atom is 0.269 e. The van der Waals surface area contributed by atoms with E-state index < -0.39 is 16.3 Å². The van der Waals surface area contributed by atoms with Crippen molar-refractivity contribution in [2.75, 3.05) is 7.11 Å². The molecule has 1 N–H and O–H groups in total. The summed E-state index contributed by atoms with van der Waals surface area (Å²) in [4.78, 5) is 24.8. The van der Waals surface area contributed by atoms with Crippen molar-refractivity contribution in [1.29, 1.82) is 10.5 Å². The summed E-state index contributed by atoms with van der Waals surface area (Å²) in [7, 11) is 1.52. The number of nitro benzene ring substituents is 1. The Kier molecular flexibility index (Phi) is 5.92. The number of nitriles is 2. The average Bonchev–Trinajstić information content (AvgIpc) is 2.86. The van der Waals surface area contributed by atoms with Crippen molar-refractivity contribution < 1.29 is 14.5 Å². The summed E-state index contributed by atoms with van der Waals surface area (Å²) in [5.41, 5.74) is -1.63. The average molecular weight is 485 g/mol. The summed E-state index contributed by atoms with van der Waals surface area (Å²) in [6, 6.07) is 16.4. The lowest BCUT2D eigenvalue weighted by Crippen LogP contribution is -2.61. The van der Waals surface area contributed by atoms with Gasteiger partial charge in [-0.15, -0.1) is 0 Å². The molecular weight excluding hydrogens is 456 g/mol. The molecule has 4 fully saturated rings. The van der Waals surface area contributed by atoms with Crippen molar-refractivity contribution in [3.05, 3.63) is 69.8 Å². The van der Waals surface area contributed by atoms with Gasteiger partial charge in [0.15, 0.2) is 5.41 Å². The van der Waals surface area contributed by atoms with E-state index in [0.29, 0.717) is 29.1 Å². The fourth-order valence-corrected chi connectivity index (χ4v) is 7.31. The van der Waals surface area contributed by atoms with Crippen LogP contribution >= 0.6 is 0 Å². The van der Waals surface area contributed by atoms with Crippen LogP contribution in [-0.2, 0) is 10.2 Å². The number of nitro groups is 1. The normalized spacial score (nSPS) is 26.9. The fraction of sp³-hybridized carbons (Fsp3) is 0.464. The van der Waals surface area contributed by atoms with Crippen molar-refractivity contribution in [2.24, 2.45) is 17.8 Å². The third-order valence-electron chi connectivity index (χ3n) is 8.44. The SMILES string of the molecule is COc1cccc(C(C(=O)NC23CC4CC(CC(C4)C2)C3)C(C#N)(C#N)c2ccc([N+](=O)[O-])cc2)c1. The number of hydrogen-bond donors (Lipinski definition) is 1. The van der Waals surface area contributed by atoms with Crippen LogP contribution in [0.1, 0.15) is 55.6 Å². The molecule has 2 aromatic carbocycles. The smallest absolute Gasteiger partial charge is 0.269 e. The second kappa shape index (κ2) is 8.95. The number of methoxy groups -OCH3 is 1. The van der Waals surface area contributed by atoms with Crippen molar-refractivity contribution in [3.63, 3.8) is 0 Å². The van der Waals surface area contributed by atoms with E-state index in [0.717, 1.165) is 19.3 Å². The van der Waals surface area contributed by atoms with E-state index in [2.05, 4.69) is 17.5 Å². The van der Waals surface area contributed by atoms with Crippen LogP contribution in [0.2, 0.25) is 0 Å². The monoisotopic (exact) mass is 484 g/mol. The van der Waals surface area contributed by atoms with Gasteiger partial charge >= 0.3 is 0 Å². The van der Waals surface area contributed by atoms with E-state index in [9.17, 15) is 25.4 Å². The van der Waals surface area contributed by atoms with Gasteiger partial charge in [-0.2, -0.15) is 10.5 Å². The van der Waals surface area contributed by atoms with Crippen LogP contribution in [0.25, 0.3) is 0 Å². The highest BCUT2D eigenvalue weighted by molar-refractivity contribution is 5.88. The summed E-state index contributed by atoms with van der Waals surface area (Å²) in [5, 5.41) is 35.4. The summed E-state index contributed by atoms with van der Waals surface area (Å²) in [6.45, 7) is 0. The fourth-order valence-electron chi connectivity index (χ4n) is 7.31. The molecule has 0 saturated heterocycles. The molecule has 1 atom stereocenters. The second-order valence-electron chi connectivity index (χ2n) is 10.7. The van der Waals surface area contributed by atoms with E-state index in [1.54, 1.807) is 24.3 Å². The highest BCUT2D eigenvalue weighted by Gasteiger charge is 2.54. The van der Waals surface area contributed by atoms with Gasteiger partial charge in [-0.05, 0) is 91.7 Å². The first-order chi connectivity index (χ1) is 17.3. The van der Waals surface area contributed by atoms with Crippen LogP contribution in [0.5, 0.6) is 5.75 Å². The Hall–Kier alpha value is -3.91. The van der Waals surface area contributed by atoms with Gasteiger partial charge in [0, 0.05) is 17.7 Å². The molecule has 4 saturated carbocycles. The number of carbonyl (C=O) groups is 1. The molecule has 2 aromatic rings. The summed E-state index contributed by atoms with van der Waals surface area (Å²) >= 11 is 0. The summed E-state index contributed by atoms with van der Waals surface area (Å²) in [6.07, 6.45) is 6.45. The molecule has 184 valence electrons. The lowest BCUT2D eigenvalue weighted by Gasteiger charge is -2.57. The van der Waals surface area contributed by atoms with Gasteiger partial charge in [-0.1, -0.05) is 12.1 Å². The molecular formula is C28H28N4O4. The molecule has 0 aliphatic heterocycles. The van der Waals surface area contributed by atoms with Gasteiger partial charge in [-0.3, -0.25) is 14.9 Å². The van der Waals surface area contributed by atoms with Crippen molar-refractivity contribution in [3.8, 4) is 17.9 Å². The molecule has 4 aliphatic carbocycles. The lowest BCUT2D eigenvalue weighted by molar-refractivity contribution is -0.384. The minimum Gasteiger partial charge on any atom is -0.497 e. The molecule has 1 unspecified atom stereocenters. The molecule has 1 amide bonds. The first-order valence-corrected chi connectivity index (χ1v) is 12.3. The highest BCUT2D eigenvalue weighted by atomic mass is 16.6. The van der Waals surface area contributed by atoms with Crippen LogP contribution in [-0.4, -0.2) is 23.5 Å². The second-order valence-corrected chi connectivity index (χ2v) is 10.7. The number of benzene rings is 2. The molecule has 0 heterocycles. The minimum absolute atomic E-state index is 0.153. The number of rotatable bonds is 7.